The van der Waals surface area contributed by atoms with Gasteiger partial charge < -0.3 is 10.1 Å². The highest BCUT2D eigenvalue weighted by Crippen LogP contribution is 2.18. The summed E-state index contributed by atoms with van der Waals surface area (Å²) in [7, 11) is 1.63. The maximum absolute atomic E-state index is 12.4. The average molecular weight is 307 g/mol. The van der Waals surface area contributed by atoms with Crippen molar-refractivity contribution in [3.8, 4) is 5.75 Å². The average Bonchev–Trinajstić information content (AvgIpc) is 2.61. The molecule has 0 radical (unpaired) electrons. The number of amides is 1. The van der Waals surface area contributed by atoms with Gasteiger partial charge in [-0.05, 0) is 42.8 Å². The summed E-state index contributed by atoms with van der Waals surface area (Å²) in [4.78, 5) is 20.8. The van der Waals surface area contributed by atoms with Crippen LogP contribution in [-0.4, -0.2) is 23.0 Å². The van der Waals surface area contributed by atoms with Crippen LogP contribution in [0.1, 0.15) is 29.0 Å². The molecule has 5 nitrogen and oxygen atoms in total. The first-order valence-corrected chi connectivity index (χ1v) is 7.33. The molecule has 1 amide bonds. The Hall–Kier alpha value is -2.95. The summed E-state index contributed by atoms with van der Waals surface area (Å²) in [6, 6.07) is 12.8. The van der Waals surface area contributed by atoms with Crippen LogP contribution in [0.5, 0.6) is 5.75 Å². The van der Waals surface area contributed by atoms with Gasteiger partial charge in [-0.25, -0.2) is 4.98 Å². The highest BCUT2D eigenvalue weighted by molar-refractivity contribution is 5.94. The van der Waals surface area contributed by atoms with Gasteiger partial charge in [-0.1, -0.05) is 12.1 Å². The second-order valence-corrected chi connectivity index (χ2v) is 5.23. The monoisotopic (exact) mass is 307 g/mol. The van der Waals surface area contributed by atoms with Crippen molar-refractivity contribution in [1.82, 2.24) is 15.3 Å². The molecule has 3 aromatic rings. The Morgan fingerprint density at radius 3 is 2.65 bits per heavy atom. The van der Waals surface area contributed by atoms with E-state index in [1.807, 2.05) is 37.3 Å². The van der Waals surface area contributed by atoms with Gasteiger partial charge in [-0.3, -0.25) is 9.78 Å². The van der Waals surface area contributed by atoms with Crippen molar-refractivity contribution in [2.45, 2.75) is 13.0 Å². The van der Waals surface area contributed by atoms with E-state index in [9.17, 15) is 4.79 Å². The predicted molar refractivity (Wildman–Crippen MR) is 88.4 cm³/mol. The van der Waals surface area contributed by atoms with E-state index < -0.39 is 0 Å². The molecule has 0 fully saturated rings. The number of pyridine rings is 2. The van der Waals surface area contributed by atoms with Gasteiger partial charge in [0.1, 0.15) is 11.4 Å². The van der Waals surface area contributed by atoms with Gasteiger partial charge in [0.2, 0.25) is 0 Å². The molecule has 0 aliphatic heterocycles. The summed E-state index contributed by atoms with van der Waals surface area (Å²) < 4.78 is 5.14. The van der Waals surface area contributed by atoms with Crippen molar-refractivity contribution in [1.29, 1.82) is 0 Å². The second-order valence-electron chi connectivity index (χ2n) is 5.23. The lowest BCUT2D eigenvalue weighted by Gasteiger charge is -2.14. The number of benzene rings is 1. The van der Waals surface area contributed by atoms with Crippen LogP contribution in [-0.2, 0) is 0 Å². The third-order valence-electron chi connectivity index (χ3n) is 3.69. The fourth-order valence-corrected chi connectivity index (χ4v) is 2.34. The Kier molecular flexibility index (Phi) is 4.19. The van der Waals surface area contributed by atoms with Gasteiger partial charge in [-0.2, -0.15) is 0 Å². The van der Waals surface area contributed by atoms with Crippen LogP contribution in [0.2, 0.25) is 0 Å². The summed E-state index contributed by atoms with van der Waals surface area (Å²) in [5, 5.41) is 3.87. The van der Waals surface area contributed by atoms with Gasteiger partial charge >= 0.3 is 0 Å². The van der Waals surface area contributed by atoms with Crippen LogP contribution in [0.4, 0.5) is 0 Å². The molecule has 116 valence electrons. The van der Waals surface area contributed by atoms with Gasteiger partial charge in [0, 0.05) is 17.8 Å². The fourth-order valence-electron chi connectivity index (χ4n) is 2.34. The van der Waals surface area contributed by atoms with Crippen LogP contribution in [0.25, 0.3) is 10.9 Å². The van der Waals surface area contributed by atoms with Gasteiger partial charge in [0.25, 0.3) is 5.91 Å². The number of hydrogen-bond donors (Lipinski definition) is 1. The molecule has 0 aliphatic rings. The number of rotatable bonds is 4. The lowest BCUT2D eigenvalue weighted by atomic mass is 10.1. The molecular weight excluding hydrogens is 290 g/mol. The topological polar surface area (TPSA) is 64.1 Å². The fraction of sp³-hybridized carbons (Fsp3) is 0.167. The Labute approximate surface area is 134 Å². The Morgan fingerprint density at radius 1 is 1.13 bits per heavy atom. The molecule has 1 aromatic carbocycles. The van der Waals surface area contributed by atoms with Crippen LogP contribution in [0.15, 0.2) is 54.9 Å². The minimum Gasteiger partial charge on any atom is -0.497 e. The van der Waals surface area contributed by atoms with E-state index in [1.54, 1.807) is 31.6 Å². The molecule has 3 rings (SSSR count). The molecule has 5 heteroatoms. The van der Waals surface area contributed by atoms with Crippen LogP contribution in [0.3, 0.4) is 0 Å². The number of carbonyl (C=O) groups is 1. The Bertz CT molecular complexity index is 831. The molecule has 2 heterocycles. The summed E-state index contributed by atoms with van der Waals surface area (Å²) in [6.45, 7) is 1.94. The number of methoxy groups -OCH3 is 1. The van der Waals surface area contributed by atoms with Crippen molar-refractivity contribution in [3.63, 3.8) is 0 Å². The zero-order valence-electron chi connectivity index (χ0n) is 13.0. The third-order valence-corrected chi connectivity index (χ3v) is 3.69. The first-order chi connectivity index (χ1) is 11.2. The summed E-state index contributed by atoms with van der Waals surface area (Å²) in [5.41, 5.74) is 2.15. The number of carbonyl (C=O) groups excluding carboxylic acids is 1. The van der Waals surface area contributed by atoms with E-state index >= 15 is 0 Å². The predicted octanol–water partition coefficient (Wildman–Crippen LogP) is 3.13. The van der Waals surface area contributed by atoms with E-state index in [0.29, 0.717) is 5.69 Å². The maximum Gasteiger partial charge on any atom is 0.270 e. The van der Waals surface area contributed by atoms with Crippen LogP contribution < -0.4 is 10.1 Å². The molecule has 0 spiro atoms. The van der Waals surface area contributed by atoms with Crippen molar-refractivity contribution in [2.75, 3.05) is 7.11 Å². The minimum absolute atomic E-state index is 0.122. The molecule has 0 bridgehead atoms. The van der Waals surface area contributed by atoms with Gasteiger partial charge in [-0.15, -0.1) is 0 Å². The maximum atomic E-state index is 12.4. The Balaban J connectivity index is 1.76. The quantitative estimate of drug-likeness (QED) is 0.804. The molecule has 23 heavy (non-hydrogen) atoms. The summed E-state index contributed by atoms with van der Waals surface area (Å²) in [5.74, 6) is 0.587. The molecule has 0 unspecified atom stereocenters. The lowest BCUT2D eigenvalue weighted by Crippen LogP contribution is -2.27. The summed E-state index contributed by atoms with van der Waals surface area (Å²) >= 11 is 0. The molecule has 0 saturated heterocycles. The lowest BCUT2D eigenvalue weighted by molar-refractivity contribution is 0.0935. The third kappa shape index (κ3) is 3.29. The van der Waals surface area contributed by atoms with E-state index in [2.05, 4.69) is 15.3 Å². The Morgan fingerprint density at radius 2 is 1.91 bits per heavy atom. The first kappa shape index (κ1) is 15.0. The zero-order chi connectivity index (χ0) is 16.2. The number of nitrogens with one attached hydrogen (secondary N) is 1. The largest absolute Gasteiger partial charge is 0.497 e. The van der Waals surface area contributed by atoms with E-state index in [-0.39, 0.29) is 11.9 Å². The van der Waals surface area contributed by atoms with Crippen LogP contribution in [0, 0.1) is 0 Å². The van der Waals surface area contributed by atoms with Crippen molar-refractivity contribution >= 4 is 16.8 Å². The second kappa shape index (κ2) is 6.44. The first-order valence-electron chi connectivity index (χ1n) is 7.33. The van der Waals surface area contributed by atoms with Crippen molar-refractivity contribution in [2.24, 2.45) is 0 Å². The number of fused-ring (bicyclic) bond motifs is 1. The number of hydrogen-bond acceptors (Lipinski definition) is 4. The molecule has 1 N–H and O–H groups in total. The van der Waals surface area contributed by atoms with Crippen LogP contribution >= 0.6 is 0 Å². The molecule has 1 atom stereocenters. The van der Waals surface area contributed by atoms with Crippen molar-refractivity contribution in [3.05, 3.63) is 66.1 Å². The van der Waals surface area contributed by atoms with Crippen molar-refractivity contribution < 1.29 is 9.53 Å². The molecular formula is C18H17N3O2. The smallest absolute Gasteiger partial charge is 0.270 e. The van der Waals surface area contributed by atoms with E-state index in [0.717, 1.165) is 22.2 Å². The number of nitrogens with zero attached hydrogens (tertiary/aromatic N) is 2. The number of ether oxygens (including phenoxy) is 1. The molecule has 0 aliphatic carbocycles. The van der Waals surface area contributed by atoms with Gasteiger partial charge in [0.15, 0.2) is 0 Å². The number of aromatic nitrogens is 2. The highest BCUT2D eigenvalue weighted by atomic mass is 16.5. The highest BCUT2D eigenvalue weighted by Gasteiger charge is 2.13. The SMILES string of the molecule is COc1ccc([C@H](C)NC(=O)c2ccc3cnccc3n2)cc1. The standard InChI is InChI=1S/C18H17N3O2/c1-12(13-3-6-15(23-2)7-4-13)20-18(22)17-8-5-14-11-19-10-9-16(14)21-17/h3-12H,1-2H3,(H,20,22)/t12-/m0/s1. The van der Waals surface area contributed by atoms with E-state index in [1.165, 1.54) is 0 Å². The van der Waals surface area contributed by atoms with Gasteiger partial charge in [0.05, 0.1) is 18.7 Å². The van der Waals surface area contributed by atoms with E-state index in [4.69, 9.17) is 4.74 Å². The molecule has 0 saturated carbocycles. The molecule has 2 aromatic heterocycles. The zero-order valence-corrected chi connectivity index (χ0v) is 13.0. The normalized spacial score (nSPS) is 11.9. The minimum atomic E-state index is -0.202. The summed E-state index contributed by atoms with van der Waals surface area (Å²) in [6.07, 6.45) is 3.39.